The van der Waals surface area contributed by atoms with Crippen LogP contribution in [0.5, 0.6) is 5.75 Å². The molecule has 27 heavy (non-hydrogen) atoms. The number of aryl methyl sites for hydroxylation is 4. The number of anilines is 1. The topological polar surface area (TPSA) is 79.5 Å². The average Bonchev–Trinajstić information content (AvgIpc) is 2.61. The largest absolute Gasteiger partial charge is 0.492 e. The first-order chi connectivity index (χ1) is 12.8. The van der Waals surface area contributed by atoms with Crippen LogP contribution in [0.25, 0.3) is 0 Å². The Bertz CT molecular complexity index is 778. The van der Waals surface area contributed by atoms with Crippen molar-refractivity contribution < 1.29 is 14.3 Å². The van der Waals surface area contributed by atoms with E-state index >= 15 is 0 Å². The molecule has 0 aliphatic carbocycles. The molecule has 0 atom stereocenters. The predicted molar refractivity (Wildman–Crippen MR) is 107 cm³/mol. The third-order valence-corrected chi connectivity index (χ3v) is 4.03. The summed E-state index contributed by atoms with van der Waals surface area (Å²) in [6.07, 6.45) is 0. The molecule has 3 amide bonds. The van der Waals surface area contributed by atoms with Crippen LogP contribution in [-0.4, -0.2) is 31.6 Å². The molecule has 2 rings (SSSR count). The maximum absolute atomic E-state index is 12.1. The van der Waals surface area contributed by atoms with Gasteiger partial charge >= 0.3 is 6.03 Å². The number of amides is 3. The van der Waals surface area contributed by atoms with Crippen LogP contribution in [0.4, 0.5) is 10.5 Å². The highest BCUT2D eigenvalue weighted by Gasteiger charge is 2.09. The van der Waals surface area contributed by atoms with Crippen molar-refractivity contribution in [2.24, 2.45) is 0 Å². The Labute approximate surface area is 160 Å². The van der Waals surface area contributed by atoms with E-state index in [1.807, 2.05) is 64.1 Å². The zero-order chi connectivity index (χ0) is 19.8. The molecule has 0 aliphatic heterocycles. The molecule has 0 fully saturated rings. The van der Waals surface area contributed by atoms with E-state index in [1.165, 1.54) is 0 Å². The smallest absolute Gasteiger partial charge is 0.315 e. The normalized spacial score (nSPS) is 10.2. The second-order valence-electron chi connectivity index (χ2n) is 6.59. The minimum atomic E-state index is -0.407. The van der Waals surface area contributed by atoms with Gasteiger partial charge in [-0.05, 0) is 51.0 Å². The molecule has 0 saturated heterocycles. The molecule has 6 heteroatoms. The summed E-state index contributed by atoms with van der Waals surface area (Å²) in [6.45, 7) is 8.51. The molecule has 0 heterocycles. The molecule has 0 radical (unpaired) electrons. The molecule has 2 aromatic rings. The minimum absolute atomic E-state index is 0.0998. The molecule has 3 N–H and O–H groups in total. The number of carbonyl (C=O) groups excluding carboxylic acids is 2. The highest BCUT2D eigenvalue weighted by Crippen LogP contribution is 2.21. The number of ether oxygens (including phenoxy) is 1. The van der Waals surface area contributed by atoms with E-state index in [1.54, 1.807) is 0 Å². The molecular formula is C21H27N3O3. The van der Waals surface area contributed by atoms with E-state index < -0.39 is 6.03 Å². The second kappa shape index (κ2) is 9.62. The fraction of sp³-hybridized carbons (Fsp3) is 0.333. The molecule has 144 valence electrons. The lowest BCUT2D eigenvalue weighted by molar-refractivity contribution is -0.115. The number of carbonyl (C=O) groups is 2. The third kappa shape index (κ3) is 6.66. The lowest BCUT2D eigenvalue weighted by atomic mass is 10.1. The molecule has 0 aromatic heterocycles. The second-order valence-corrected chi connectivity index (χ2v) is 6.59. The van der Waals surface area contributed by atoms with Gasteiger partial charge in [-0.3, -0.25) is 4.79 Å². The maximum atomic E-state index is 12.1. The molecule has 6 nitrogen and oxygen atoms in total. The number of hydrogen-bond donors (Lipinski definition) is 3. The molecule has 2 aromatic carbocycles. The summed E-state index contributed by atoms with van der Waals surface area (Å²) >= 11 is 0. The fourth-order valence-electron chi connectivity index (χ4n) is 2.75. The summed E-state index contributed by atoms with van der Waals surface area (Å²) in [6, 6.07) is 11.3. The Kier molecular flexibility index (Phi) is 7.23. The van der Waals surface area contributed by atoms with E-state index in [2.05, 4.69) is 16.0 Å². The Morgan fingerprint density at radius 2 is 1.52 bits per heavy atom. The summed E-state index contributed by atoms with van der Waals surface area (Å²) in [5, 5.41) is 8.05. The van der Waals surface area contributed by atoms with Crippen LogP contribution in [0.15, 0.2) is 36.4 Å². The highest BCUT2D eigenvalue weighted by atomic mass is 16.5. The zero-order valence-electron chi connectivity index (χ0n) is 16.3. The van der Waals surface area contributed by atoms with Gasteiger partial charge in [0.05, 0.1) is 13.1 Å². The van der Waals surface area contributed by atoms with E-state index in [0.717, 1.165) is 33.7 Å². The van der Waals surface area contributed by atoms with E-state index in [-0.39, 0.29) is 12.5 Å². The number of urea groups is 1. The maximum Gasteiger partial charge on any atom is 0.315 e. The predicted octanol–water partition coefficient (Wildman–Crippen LogP) is 3.24. The van der Waals surface area contributed by atoms with Crippen molar-refractivity contribution >= 4 is 17.6 Å². The summed E-state index contributed by atoms with van der Waals surface area (Å²) in [4.78, 5) is 23.8. The third-order valence-electron chi connectivity index (χ3n) is 4.03. The van der Waals surface area contributed by atoms with Crippen molar-refractivity contribution in [3.8, 4) is 5.75 Å². The van der Waals surface area contributed by atoms with Gasteiger partial charge in [0.1, 0.15) is 12.4 Å². The first-order valence-corrected chi connectivity index (χ1v) is 8.94. The number of hydrogen-bond acceptors (Lipinski definition) is 3. The zero-order valence-corrected chi connectivity index (χ0v) is 16.3. The van der Waals surface area contributed by atoms with Gasteiger partial charge < -0.3 is 20.7 Å². The van der Waals surface area contributed by atoms with Gasteiger partial charge in [-0.25, -0.2) is 4.79 Å². The van der Waals surface area contributed by atoms with E-state index in [9.17, 15) is 9.59 Å². The van der Waals surface area contributed by atoms with Crippen molar-refractivity contribution in [3.05, 3.63) is 58.7 Å². The van der Waals surface area contributed by atoms with Crippen LogP contribution in [0, 0.1) is 27.7 Å². The number of benzene rings is 2. The van der Waals surface area contributed by atoms with Gasteiger partial charge in [0, 0.05) is 5.69 Å². The highest BCUT2D eigenvalue weighted by molar-refractivity contribution is 5.95. The van der Waals surface area contributed by atoms with Crippen LogP contribution in [-0.2, 0) is 4.79 Å². The Morgan fingerprint density at radius 1 is 0.889 bits per heavy atom. The van der Waals surface area contributed by atoms with E-state index in [0.29, 0.717) is 13.2 Å². The first-order valence-electron chi connectivity index (χ1n) is 8.94. The van der Waals surface area contributed by atoms with Gasteiger partial charge in [-0.1, -0.05) is 35.4 Å². The van der Waals surface area contributed by atoms with Gasteiger partial charge in [0.2, 0.25) is 5.91 Å². The molecule has 0 unspecified atom stereocenters. The van der Waals surface area contributed by atoms with Crippen LogP contribution in [0.2, 0.25) is 0 Å². The summed E-state index contributed by atoms with van der Waals surface area (Å²) in [5.74, 6) is 0.488. The van der Waals surface area contributed by atoms with Gasteiger partial charge in [-0.2, -0.15) is 0 Å². The van der Waals surface area contributed by atoms with Crippen molar-refractivity contribution in [1.82, 2.24) is 10.6 Å². The number of rotatable bonds is 7. The minimum Gasteiger partial charge on any atom is -0.492 e. The quantitative estimate of drug-likeness (QED) is 0.656. The summed E-state index contributed by atoms with van der Waals surface area (Å²) in [7, 11) is 0. The lowest BCUT2D eigenvalue weighted by Crippen LogP contribution is -2.41. The Morgan fingerprint density at radius 3 is 2.15 bits per heavy atom. The molecule has 0 bridgehead atoms. The first kappa shape index (κ1) is 20.3. The van der Waals surface area contributed by atoms with Crippen molar-refractivity contribution in [1.29, 1.82) is 0 Å². The van der Waals surface area contributed by atoms with Gasteiger partial charge in [-0.15, -0.1) is 0 Å². The Hall–Kier alpha value is -3.02. The van der Waals surface area contributed by atoms with Crippen LogP contribution < -0.4 is 20.7 Å². The van der Waals surface area contributed by atoms with Crippen molar-refractivity contribution in [2.75, 3.05) is 25.0 Å². The monoisotopic (exact) mass is 369 g/mol. The van der Waals surface area contributed by atoms with Crippen molar-refractivity contribution in [3.63, 3.8) is 0 Å². The lowest BCUT2D eigenvalue weighted by Gasteiger charge is -2.13. The SMILES string of the molecule is Cc1ccc(OCCNC(=O)NCC(=O)Nc2c(C)cc(C)cc2C)cc1. The van der Waals surface area contributed by atoms with Crippen LogP contribution in [0.1, 0.15) is 22.3 Å². The standard InChI is InChI=1S/C21H27N3O3/c1-14-5-7-18(8-6-14)27-10-9-22-21(26)23-13-19(25)24-20-16(3)11-15(2)12-17(20)4/h5-8,11-12H,9-10,13H2,1-4H3,(H,24,25)(H2,22,23,26). The van der Waals surface area contributed by atoms with Crippen LogP contribution >= 0.6 is 0 Å². The summed E-state index contributed by atoms with van der Waals surface area (Å²) < 4.78 is 5.53. The average molecular weight is 369 g/mol. The molecule has 0 aliphatic rings. The van der Waals surface area contributed by atoms with Crippen LogP contribution in [0.3, 0.4) is 0 Å². The summed E-state index contributed by atoms with van der Waals surface area (Å²) in [5.41, 5.74) is 5.10. The van der Waals surface area contributed by atoms with Gasteiger partial charge in [0.25, 0.3) is 0 Å². The molecular weight excluding hydrogens is 342 g/mol. The Balaban J connectivity index is 1.67. The fourth-order valence-corrected chi connectivity index (χ4v) is 2.75. The van der Waals surface area contributed by atoms with Gasteiger partial charge in [0.15, 0.2) is 0 Å². The molecule has 0 saturated carbocycles. The van der Waals surface area contributed by atoms with Crippen molar-refractivity contribution in [2.45, 2.75) is 27.7 Å². The number of nitrogens with one attached hydrogen (secondary N) is 3. The van der Waals surface area contributed by atoms with E-state index in [4.69, 9.17) is 4.74 Å². The molecule has 0 spiro atoms.